The van der Waals surface area contributed by atoms with Crippen molar-refractivity contribution in [2.24, 2.45) is 0 Å². The number of rotatable bonds is 5. The van der Waals surface area contributed by atoms with Crippen LogP contribution in [0.5, 0.6) is 0 Å². The summed E-state index contributed by atoms with van der Waals surface area (Å²) in [5.41, 5.74) is 0.499. The number of ether oxygens (including phenoxy) is 1. The molecule has 104 valence electrons. The Bertz CT molecular complexity index is 479. The average Bonchev–Trinajstić information content (AvgIpc) is 2.38. The molecule has 1 amide bonds. The van der Waals surface area contributed by atoms with Crippen LogP contribution >= 0.6 is 34.2 Å². The maximum absolute atomic E-state index is 12.3. The number of hydrogen-bond donors (Lipinski definition) is 0. The molecule has 4 nitrogen and oxygen atoms in total. The number of carbonyl (C=O) groups is 2. The van der Waals surface area contributed by atoms with Crippen LogP contribution in [0.1, 0.15) is 24.2 Å². The highest BCUT2D eigenvalue weighted by Crippen LogP contribution is 2.19. The molecule has 0 heterocycles. The zero-order valence-corrected chi connectivity index (χ0v) is 13.7. The quantitative estimate of drug-likeness (QED) is 0.569. The molecule has 0 saturated heterocycles. The Kier molecular flexibility index (Phi) is 6.57. The summed E-state index contributed by atoms with van der Waals surface area (Å²) in [6, 6.07) is 5.11. The molecule has 0 saturated carbocycles. The lowest BCUT2D eigenvalue weighted by molar-refractivity contribution is -0.143. The molecule has 1 aromatic carbocycles. The van der Waals surface area contributed by atoms with Crippen LogP contribution in [-0.2, 0) is 9.53 Å². The fraction of sp³-hybridized carbons (Fsp3) is 0.385. The van der Waals surface area contributed by atoms with Crippen LogP contribution in [0.4, 0.5) is 0 Å². The smallest absolute Gasteiger partial charge is 0.325 e. The zero-order valence-electron chi connectivity index (χ0n) is 10.8. The van der Waals surface area contributed by atoms with Crippen molar-refractivity contribution >= 4 is 46.1 Å². The molecular formula is C13H15ClINO3. The molecule has 0 N–H and O–H groups in total. The third-order valence-corrected chi connectivity index (χ3v) is 3.63. The number of halogens is 2. The van der Waals surface area contributed by atoms with E-state index in [-0.39, 0.29) is 12.5 Å². The zero-order chi connectivity index (χ0) is 14.4. The molecule has 19 heavy (non-hydrogen) atoms. The van der Waals surface area contributed by atoms with Gasteiger partial charge < -0.3 is 9.64 Å². The van der Waals surface area contributed by atoms with Crippen LogP contribution in [0.25, 0.3) is 0 Å². The maximum atomic E-state index is 12.3. The first kappa shape index (κ1) is 16.2. The van der Waals surface area contributed by atoms with Crippen LogP contribution in [0.3, 0.4) is 0 Å². The maximum Gasteiger partial charge on any atom is 0.325 e. The molecule has 6 heteroatoms. The minimum atomic E-state index is -0.408. The standard InChI is InChI=1S/C13H15ClINO3/c1-3-16(8-12(17)19-4-2)13(18)10-7-9(14)5-6-11(10)15/h5-7H,3-4,8H2,1-2H3. The predicted octanol–water partition coefficient (Wildman–Crippen LogP) is 2.97. The third kappa shape index (κ3) is 4.65. The van der Waals surface area contributed by atoms with Crippen molar-refractivity contribution in [1.29, 1.82) is 0 Å². The van der Waals surface area contributed by atoms with Gasteiger partial charge in [-0.05, 0) is 54.6 Å². The summed E-state index contributed by atoms with van der Waals surface area (Å²) in [5.74, 6) is -0.628. The van der Waals surface area contributed by atoms with Gasteiger partial charge in [-0.15, -0.1) is 0 Å². The number of amides is 1. The summed E-state index contributed by atoms with van der Waals surface area (Å²) in [6.45, 7) is 4.23. The van der Waals surface area contributed by atoms with Crippen LogP contribution in [-0.4, -0.2) is 36.5 Å². The van der Waals surface area contributed by atoms with E-state index in [0.717, 1.165) is 3.57 Å². The van der Waals surface area contributed by atoms with E-state index in [4.69, 9.17) is 16.3 Å². The van der Waals surface area contributed by atoms with Gasteiger partial charge in [-0.3, -0.25) is 9.59 Å². The van der Waals surface area contributed by atoms with Crippen LogP contribution < -0.4 is 0 Å². The van der Waals surface area contributed by atoms with E-state index in [2.05, 4.69) is 22.6 Å². The van der Waals surface area contributed by atoms with Gasteiger partial charge in [0.2, 0.25) is 0 Å². The summed E-state index contributed by atoms with van der Waals surface area (Å²) in [5, 5.41) is 0.496. The monoisotopic (exact) mass is 395 g/mol. The van der Waals surface area contributed by atoms with Crippen molar-refractivity contribution in [2.75, 3.05) is 19.7 Å². The van der Waals surface area contributed by atoms with Gasteiger partial charge >= 0.3 is 5.97 Å². The summed E-state index contributed by atoms with van der Waals surface area (Å²) in [6.07, 6.45) is 0. The summed E-state index contributed by atoms with van der Waals surface area (Å²) < 4.78 is 5.65. The molecule has 1 aromatic rings. The Labute approximate surface area is 131 Å². The van der Waals surface area contributed by atoms with Gasteiger partial charge in [-0.25, -0.2) is 0 Å². The lowest BCUT2D eigenvalue weighted by Gasteiger charge is -2.20. The van der Waals surface area contributed by atoms with Crippen LogP contribution in [0.15, 0.2) is 18.2 Å². The largest absolute Gasteiger partial charge is 0.465 e. The van der Waals surface area contributed by atoms with E-state index in [1.807, 2.05) is 6.92 Å². The molecule has 0 atom stereocenters. The molecule has 0 spiro atoms. The number of esters is 1. The minimum absolute atomic E-state index is 0.0498. The Morgan fingerprint density at radius 1 is 1.37 bits per heavy atom. The molecule has 0 aliphatic carbocycles. The van der Waals surface area contributed by atoms with Gasteiger partial charge in [-0.1, -0.05) is 11.6 Å². The Morgan fingerprint density at radius 2 is 2.05 bits per heavy atom. The van der Waals surface area contributed by atoms with E-state index >= 15 is 0 Å². The Hall–Kier alpha value is -0.820. The second-order valence-corrected chi connectivity index (χ2v) is 5.35. The Morgan fingerprint density at radius 3 is 2.63 bits per heavy atom. The summed E-state index contributed by atoms with van der Waals surface area (Å²) in [7, 11) is 0. The second-order valence-electron chi connectivity index (χ2n) is 3.75. The fourth-order valence-electron chi connectivity index (χ4n) is 1.52. The highest BCUT2D eigenvalue weighted by Gasteiger charge is 2.20. The molecule has 0 bridgehead atoms. The van der Waals surface area contributed by atoms with Crippen molar-refractivity contribution in [3.05, 3.63) is 32.4 Å². The van der Waals surface area contributed by atoms with Crippen LogP contribution in [0, 0.1) is 3.57 Å². The molecule has 0 fully saturated rings. The van der Waals surface area contributed by atoms with E-state index < -0.39 is 5.97 Å². The second kappa shape index (κ2) is 7.69. The van der Waals surface area contributed by atoms with Gasteiger partial charge in [0.1, 0.15) is 6.54 Å². The van der Waals surface area contributed by atoms with E-state index in [9.17, 15) is 9.59 Å². The molecule has 0 unspecified atom stereocenters. The molecule has 0 aliphatic heterocycles. The normalized spacial score (nSPS) is 10.1. The SMILES string of the molecule is CCOC(=O)CN(CC)C(=O)c1cc(Cl)ccc1I. The highest BCUT2D eigenvalue weighted by atomic mass is 127. The lowest BCUT2D eigenvalue weighted by atomic mass is 10.2. The van der Waals surface area contributed by atoms with Gasteiger partial charge in [0, 0.05) is 15.1 Å². The highest BCUT2D eigenvalue weighted by molar-refractivity contribution is 14.1. The predicted molar refractivity (Wildman–Crippen MR) is 82.4 cm³/mol. The van der Waals surface area contributed by atoms with Gasteiger partial charge in [0.05, 0.1) is 12.2 Å². The third-order valence-electron chi connectivity index (χ3n) is 2.45. The average molecular weight is 396 g/mol. The van der Waals surface area contributed by atoms with E-state index in [1.165, 1.54) is 4.90 Å². The number of carbonyl (C=O) groups excluding carboxylic acids is 2. The topological polar surface area (TPSA) is 46.6 Å². The molecule has 0 radical (unpaired) electrons. The first-order chi connectivity index (χ1) is 8.99. The van der Waals surface area contributed by atoms with Gasteiger partial charge in [-0.2, -0.15) is 0 Å². The van der Waals surface area contributed by atoms with Crippen LogP contribution in [0.2, 0.25) is 5.02 Å². The molecule has 1 rings (SSSR count). The first-order valence-electron chi connectivity index (χ1n) is 5.89. The van der Waals surface area contributed by atoms with Crippen molar-refractivity contribution in [2.45, 2.75) is 13.8 Å². The van der Waals surface area contributed by atoms with Crippen molar-refractivity contribution < 1.29 is 14.3 Å². The van der Waals surface area contributed by atoms with Gasteiger partial charge in [0.15, 0.2) is 0 Å². The first-order valence-corrected chi connectivity index (χ1v) is 7.35. The Balaban J connectivity index is 2.89. The molecule has 0 aromatic heterocycles. The number of likely N-dealkylation sites (N-methyl/N-ethyl adjacent to an activating group) is 1. The number of nitrogens with zero attached hydrogens (tertiary/aromatic N) is 1. The summed E-state index contributed by atoms with van der Waals surface area (Å²) in [4.78, 5) is 25.2. The van der Waals surface area contributed by atoms with Crippen molar-refractivity contribution in [3.63, 3.8) is 0 Å². The lowest BCUT2D eigenvalue weighted by Crippen LogP contribution is -2.36. The minimum Gasteiger partial charge on any atom is -0.465 e. The van der Waals surface area contributed by atoms with Crippen molar-refractivity contribution in [3.8, 4) is 0 Å². The number of hydrogen-bond acceptors (Lipinski definition) is 3. The van der Waals surface area contributed by atoms with Crippen molar-refractivity contribution in [1.82, 2.24) is 4.90 Å². The number of benzene rings is 1. The van der Waals surface area contributed by atoms with E-state index in [1.54, 1.807) is 25.1 Å². The summed E-state index contributed by atoms with van der Waals surface area (Å²) >= 11 is 7.97. The molecule has 0 aliphatic rings. The molecular weight excluding hydrogens is 381 g/mol. The fourth-order valence-corrected chi connectivity index (χ4v) is 2.26. The van der Waals surface area contributed by atoms with E-state index in [0.29, 0.717) is 23.7 Å². The van der Waals surface area contributed by atoms with Gasteiger partial charge in [0.25, 0.3) is 5.91 Å².